The van der Waals surface area contributed by atoms with E-state index in [1.54, 1.807) is 0 Å². The van der Waals surface area contributed by atoms with Crippen LogP contribution >= 0.6 is 0 Å². The highest BCUT2D eigenvalue weighted by Crippen LogP contribution is 2.12. The molecule has 0 bridgehead atoms. The zero-order valence-corrected chi connectivity index (χ0v) is 8.17. The fourth-order valence-electron chi connectivity index (χ4n) is 0.828. The molecule has 9 heavy (non-hydrogen) atoms. The quantitative estimate of drug-likeness (QED) is 0.517. The van der Waals surface area contributed by atoms with Crippen molar-refractivity contribution in [3.63, 3.8) is 0 Å². The van der Waals surface area contributed by atoms with E-state index in [1.165, 1.54) is 0 Å². The molecule has 0 aliphatic heterocycles. The average molecular weight is 148 g/mol. The Kier molecular flexibility index (Phi) is 5.04. The van der Waals surface area contributed by atoms with Crippen molar-refractivity contribution in [2.75, 3.05) is 6.61 Å². The van der Waals surface area contributed by atoms with E-state index in [1.807, 2.05) is 0 Å². The Labute approximate surface area is 59.3 Å². The summed E-state index contributed by atoms with van der Waals surface area (Å²) in [6.45, 7) is 2.02. The van der Waals surface area contributed by atoms with Crippen molar-refractivity contribution >= 4 is 10.2 Å². The zero-order valence-electron chi connectivity index (χ0n) is 6.17. The minimum absolute atomic E-state index is 0.0752. The van der Waals surface area contributed by atoms with Gasteiger partial charge in [-0.1, -0.05) is 19.8 Å². The van der Waals surface area contributed by atoms with E-state index in [2.05, 4.69) is 6.92 Å². The Morgan fingerprint density at radius 3 is 2.44 bits per heavy atom. The largest absolute Gasteiger partial charge is 0.394 e. The van der Waals surface area contributed by atoms with E-state index >= 15 is 0 Å². The van der Waals surface area contributed by atoms with E-state index < -0.39 is 6.10 Å². The van der Waals surface area contributed by atoms with Crippen LogP contribution in [0.25, 0.3) is 0 Å². The second-order valence-electron chi connectivity index (χ2n) is 2.52. The predicted octanol–water partition coefficient (Wildman–Crippen LogP) is -0.706. The minimum atomic E-state index is -0.461. The van der Waals surface area contributed by atoms with Crippen molar-refractivity contribution in [3.8, 4) is 0 Å². The van der Waals surface area contributed by atoms with Gasteiger partial charge in [0.2, 0.25) is 0 Å². The molecule has 2 unspecified atom stereocenters. The first-order valence-corrected chi connectivity index (χ1v) is 4.66. The Bertz CT molecular complexity index is 68.1. The summed E-state index contributed by atoms with van der Waals surface area (Å²) in [5, 5.41) is 17.5. The molecule has 0 saturated heterocycles. The van der Waals surface area contributed by atoms with Crippen molar-refractivity contribution < 1.29 is 10.2 Å². The van der Waals surface area contributed by atoms with Gasteiger partial charge in [0.15, 0.2) is 0 Å². The monoisotopic (exact) mass is 148 g/mol. The van der Waals surface area contributed by atoms with Gasteiger partial charge >= 0.3 is 0 Å². The van der Waals surface area contributed by atoms with Crippen LogP contribution in [0.15, 0.2) is 0 Å². The van der Waals surface area contributed by atoms with E-state index in [0.717, 1.165) is 23.1 Å². The lowest BCUT2D eigenvalue weighted by Crippen LogP contribution is -2.19. The molecule has 0 heterocycles. The van der Waals surface area contributed by atoms with E-state index in [-0.39, 0.29) is 6.61 Å². The molecule has 2 atom stereocenters. The molecule has 0 aromatic carbocycles. The third kappa shape index (κ3) is 3.67. The Morgan fingerprint density at radius 2 is 2.11 bits per heavy atom. The van der Waals surface area contributed by atoms with Crippen LogP contribution in [0, 0.1) is 0 Å². The molecule has 0 fully saturated rings. The topological polar surface area (TPSA) is 40.5 Å². The van der Waals surface area contributed by atoms with Gasteiger partial charge < -0.3 is 10.2 Å². The summed E-state index contributed by atoms with van der Waals surface area (Å²) < 4.78 is 0. The summed E-state index contributed by atoms with van der Waals surface area (Å²) in [6, 6.07) is 0. The molecule has 0 rings (SSSR count). The van der Waals surface area contributed by atoms with Gasteiger partial charge in [-0.3, -0.25) is 0 Å². The molecule has 56 valence electrons. The van der Waals surface area contributed by atoms with E-state index in [9.17, 15) is 0 Å². The fraction of sp³-hybridized carbons (Fsp3) is 1.00. The average Bonchev–Trinajstić information content (AvgIpc) is 1.87. The van der Waals surface area contributed by atoms with E-state index in [4.69, 9.17) is 10.2 Å². The first kappa shape index (κ1) is 9.14. The molecule has 0 aromatic heterocycles. The summed E-state index contributed by atoms with van der Waals surface area (Å²) in [6.07, 6.45) is 1.69. The van der Waals surface area contributed by atoms with Crippen molar-refractivity contribution in [3.05, 3.63) is 0 Å². The molecule has 0 aliphatic carbocycles. The molecular formula is C6H16O2Si. The van der Waals surface area contributed by atoms with Crippen LogP contribution in [0.2, 0.25) is 5.54 Å². The molecule has 2 nitrogen and oxygen atoms in total. The number of hydrogen-bond acceptors (Lipinski definition) is 2. The van der Waals surface area contributed by atoms with Crippen LogP contribution < -0.4 is 0 Å². The predicted molar refractivity (Wildman–Crippen MR) is 41.7 cm³/mol. The molecule has 0 saturated carbocycles. The highest BCUT2D eigenvalue weighted by molar-refractivity contribution is 6.12. The van der Waals surface area contributed by atoms with Crippen molar-refractivity contribution in [2.24, 2.45) is 0 Å². The van der Waals surface area contributed by atoms with Gasteiger partial charge in [-0.05, 0) is 5.54 Å². The molecule has 0 amide bonds. The SMILES string of the molecule is CCCC([SiH3])C(O)CO. The summed E-state index contributed by atoms with van der Waals surface area (Å²) in [4.78, 5) is 0. The van der Waals surface area contributed by atoms with Gasteiger partial charge in [-0.25, -0.2) is 0 Å². The summed E-state index contributed by atoms with van der Waals surface area (Å²) in [7, 11) is 0.982. The molecule has 3 heteroatoms. The lowest BCUT2D eigenvalue weighted by Gasteiger charge is -2.14. The molecule has 2 N–H and O–H groups in total. The van der Waals surface area contributed by atoms with Gasteiger partial charge in [-0.2, -0.15) is 0 Å². The van der Waals surface area contributed by atoms with Crippen molar-refractivity contribution in [2.45, 2.75) is 31.4 Å². The van der Waals surface area contributed by atoms with Crippen molar-refractivity contribution in [1.82, 2.24) is 0 Å². The summed E-state index contributed by atoms with van der Waals surface area (Å²) >= 11 is 0. The second kappa shape index (κ2) is 4.96. The van der Waals surface area contributed by atoms with Crippen LogP contribution in [0.3, 0.4) is 0 Å². The Balaban J connectivity index is 3.32. The number of hydrogen-bond donors (Lipinski definition) is 2. The van der Waals surface area contributed by atoms with Crippen LogP contribution in [0.4, 0.5) is 0 Å². The van der Waals surface area contributed by atoms with Crippen LogP contribution in [-0.4, -0.2) is 33.2 Å². The fourth-order valence-corrected chi connectivity index (χ4v) is 1.62. The highest BCUT2D eigenvalue weighted by atomic mass is 28.1. The van der Waals surface area contributed by atoms with Gasteiger partial charge in [0, 0.05) is 10.2 Å². The normalized spacial score (nSPS) is 17.7. The van der Waals surface area contributed by atoms with Gasteiger partial charge in [-0.15, -0.1) is 0 Å². The van der Waals surface area contributed by atoms with Gasteiger partial charge in [0.1, 0.15) is 0 Å². The standard InChI is InChI=1S/C6H16O2Si/c1-2-3-6(9)5(8)4-7/h5-8H,2-4H2,1,9H3. The third-order valence-electron chi connectivity index (χ3n) is 1.59. The Hall–Kier alpha value is 0.137. The Morgan fingerprint density at radius 1 is 1.56 bits per heavy atom. The number of aliphatic hydroxyl groups is 2. The molecule has 0 radical (unpaired) electrons. The maximum atomic E-state index is 9.04. The third-order valence-corrected chi connectivity index (χ3v) is 2.93. The first-order valence-electron chi connectivity index (χ1n) is 3.51. The second-order valence-corrected chi connectivity index (χ2v) is 4.00. The molecule has 0 aliphatic rings. The summed E-state index contributed by atoms with van der Waals surface area (Å²) in [5.41, 5.74) is 0.375. The maximum absolute atomic E-state index is 9.04. The molecule has 0 aromatic rings. The van der Waals surface area contributed by atoms with Crippen LogP contribution in [-0.2, 0) is 0 Å². The van der Waals surface area contributed by atoms with Crippen LogP contribution in [0.5, 0.6) is 0 Å². The highest BCUT2D eigenvalue weighted by Gasteiger charge is 2.10. The molecular weight excluding hydrogens is 132 g/mol. The molecule has 0 spiro atoms. The lowest BCUT2D eigenvalue weighted by atomic mass is 10.1. The van der Waals surface area contributed by atoms with Crippen LogP contribution in [0.1, 0.15) is 19.8 Å². The lowest BCUT2D eigenvalue weighted by molar-refractivity contribution is 0.0872. The smallest absolute Gasteiger partial charge is 0.0767 e. The number of aliphatic hydroxyl groups excluding tert-OH is 2. The van der Waals surface area contributed by atoms with Gasteiger partial charge in [0.25, 0.3) is 0 Å². The van der Waals surface area contributed by atoms with E-state index in [0.29, 0.717) is 5.54 Å². The number of rotatable bonds is 4. The maximum Gasteiger partial charge on any atom is 0.0767 e. The summed E-state index contributed by atoms with van der Waals surface area (Å²) in [5.74, 6) is 0. The first-order chi connectivity index (χ1) is 4.22. The van der Waals surface area contributed by atoms with Crippen molar-refractivity contribution in [1.29, 1.82) is 0 Å². The van der Waals surface area contributed by atoms with Gasteiger partial charge in [0.05, 0.1) is 12.7 Å². The zero-order chi connectivity index (χ0) is 7.28. The minimum Gasteiger partial charge on any atom is -0.394 e.